The molecule has 5 heteroatoms. The number of halogens is 2. The van der Waals surface area contributed by atoms with E-state index in [4.69, 9.17) is 4.74 Å². The third-order valence-electron chi connectivity index (χ3n) is 2.60. The Morgan fingerprint density at radius 2 is 2.16 bits per heavy atom. The highest BCUT2D eigenvalue weighted by Gasteiger charge is 2.12. The molecule has 1 aromatic heterocycles. The standard InChI is InChI=1S/C14H14BrFN2O/c1-9-3-4-12(11(15)7-9)19-14-13(16)10(8-17-2)5-6-18-14/h3-7,17H,8H2,1-2H3. The highest BCUT2D eigenvalue weighted by molar-refractivity contribution is 9.10. The molecule has 0 amide bonds. The molecule has 0 aliphatic rings. The van der Waals surface area contributed by atoms with Crippen LogP contribution in [0.15, 0.2) is 34.9 Å². The van der Waals surface area contributed by atoms with Gasteiger partial charge in [-0.25, -0.2) is 9.37 Å². The van der Waals surface area contributed by atoms with Gasteiger partial charge in [0.2, 0.25) is 0 Å². The van der Waals surface area contributed by atoms with Crippen LogP contribution in [0.3, 0.4) is 0 Å². The number of aromatic nitrogens is 1. The van der Waals surface area contributed by atoms with Gasteiger partial charge in [0.15, 0.2) is 5.82 Å². The summed E-state index contributed by atoms with van der Waals surface area (Å²) in [5.41, 5.74) is 1.62. The van der Waals surface area contributed by atoms with Crippen molar-refractivity contribution < 1.29 is 9.13 Å². The van der Waals surface area contributed by atoms with E-state index >= 15 is 0 Å². The summed E-state index contributed by atoms with van der Waals surface area (Å²) in [5, 5.41) is 2.90. The molecular weight excluding hydrogens is 311 g/mol. The van der Waals surface area contributed by atoms with Gasteiger partial charge in [0.1, 0.15) is 5.75 Å². The van der Waals surface area contributed by atoms with Crippen molar-refractivity contribution in [1.29, 1.82) is 0 Å². The largest absolute Gasteiger partial charge is 0.435 e. The van der Waals surface area contributed by atoms with E-state index in [9.17, 15) is 4.39 Å². The molecule has 0 radical (unpaired) electrons. The monoisotopic (exact) mass is 324 g/mol. The zero-order valence-electron chi connectivity index (χ0n) is 10.7. The minimum atomic E-state index is -0.440. The molecule has 2 aromatic rings. The van der Waals surface area contributed by atoms with Crippen LogP contribution in [0.4, 0.5) is 4.39 Å². The molecule has 0 fully saturated rings. The molecule has 2 rings (SSSR count). The van der Waals surface area contributed by atoms with Crippen LogP contribution in [0.1, 0.15) is 11.1 Å². The number of nitrogens with zero attached hydrogens (tertiary/aromatic N) is 1. The fourth-order valence-corrected chi connectivity index (χ4v) is 2.23. The van der Waals surface area contributed by atoms with Crippen molar-refractivity contribution in [3.8, 4) is 11.6 Å². The fraction of sp³-hybridized carbons (Fsp3) is 0.214. The van der Waals surface area contributed by atoms with Crippen LogP contribution in [-0.2, 0) is 6.54 Å². The van der Waals surface area contributed by atoms with Gasteiger partial charge in [-0.2, -0.15) is 0 Å². The van der Waals surface area contributed by atoms with E-state index in [1.165, 1.54) is 6.20 Å². The molecule has 1 N–H and O–H groups in total. The van der Waals surface area contributed by atoms with E-state index in [0.717, 1.165) is 10.0 Å². The number of pyridine rings is 1. The molecule has 0 saturated carbocycles. The first-order chi connectivity index (χ1) is 9.11. The number of aryl methyl sites for hydroxylation is 1. The van der Waals surface area contributed by atoms with E-state index in [1.807, 2.05) is 19.1 Å². The maximum absolute atomic E-state index is 14.1. The molecule has 1 heterocycles. The molecular formula is C14H14BrFN2O. The molecule has 1 aromatic carbocycles. The number of rotatable bonds is 4. The summed E-state index contributed by atoms with van der Waals surface area (Å²) in [6.45, 7) is 2.40. The quantitative estimate of drug-likeness (QED) is 0.928. The molecule has 0 unspecified atom stereocenters. The summed E-state index contributed by atoms with van der Waals surface area (Å²) in [6, 6.07) is 7.22. The fourth-order valence-electron chi connectivity index (χ4n) is 1.65. The lowest BCUT2D eigenvalue weighted by atomic mass is 10.2. The summed E-state index contributed by atoms with van der Waals surface area (Å²) >= 11 is 3.39. The summed E-state index contributed by atoms with van der Waals surface area (Å²) in [7, 11) is 1.76. The normalized spacial score (nSPS) is 10.5. The summed E-state index contributed by atoms with van der Waals surface area (Å²) in [6.07, 6.45) is 1.53. The van der Waals surface area contributed by atoms with Gasteiger partial charge >= 0.3 is 0 Å². The number of hydrogen-bond acceptors (Lipinski definition) is 3. The highest BCUT2D eigenvalue weighted by atomic mass is 79.9. The topological polar surface area (TPSA) is 34.2 Å². The molecule has 19 heavy (non-hydrogen) atoms. The summed E-state index contributed by atoms with van der Waals surface area (Å²) < 4.78 is 20.4. The molecule has 0 spiro atoms. The number of ether oxygens (including phenoxy) is 1. The molecule has 0 bridgehead atoms. The maximum atomic E-state index is 14.1. The Bertz CT molecular complexity index is 590. The van der Waals surface area contributed by atoms with Crippen LogP contribution in [0.5, 0.6) is 11.6 Å². The Morgan fingerprint density at radius 1 is 1.37 bits per heavy atom. The zero-order valence-corrected chi connectivity index (χ0v) is 12.3. The van der Waals surface area contributed by atoms with Gasteiger partial charge in [-0.05, 0) is 53.7 Å². The Morgan fingerprint density at radius 3 is 2.84 bits per heavy atom. The molecule has 3 nitrogen and oxygen atoms in total. The predicted molar refractivity (Wildman–Crippen MR) is 75.9 cm³/mol. The Hall–Kier alpha value is -1.46. The van der Waals surface area contributed by atoms with E-state index in [1.54, 1.807) is 19.2 Å². The van der Waals surface area contributed by atoms with Crippen LogP contribution in [0, 0.1) is 12.7 Å². The van der Waals surface area contributed by atoms with Crippen molar-refractivity contribution in [2.75, 3.05) is 7.05 Å². The second-order valence-electron chi connectivity index (χ2n) is 4.16. The minimum Gasteiger partial charge on any atom is -0.435 e. The molecule has 0 saturated heterocycles. The van der Waals surface area contributed by atoms with Crippen molar-refractivity contribution >= 4 is 15.9 Å². The Labute approximate surface area is 119 Å². The first-order valence-corrected chi connectivity index (χ1v) is 6.63. The van der Waals surface area contributed by atoms with Crippen LogP contribution >= 0.6 is 15.9 Å². The average molecular weight is 325 g/mol. The van der Waals surface area contributed by atoms with Gasteiger partial charge < -0.3 is 10.1 Å². The first-order valence-electron chi connectivity index (χ1n) is 5.84. The summed E-state index contributed by atoms with van der Waals surface area (Å²) in [4.78, 5) is 3.93. The SMILES string of the molecule is CNCc1ccnc(Oc2ccc(C)cc2Br)c1F. The Balaban J connectivity index is 2.30. The van der Waals surface area contributed by atoms with Gasteiger partial charge in [-0.15, -0.1) is 0 Å². The van der Waals surface area contributed by atoms with E-state index in [-0.39, 0.29) is 5.88 Å². The second-order valence-corrected chi connectivity index (χ2v) is 5.01. The van der Waals surface area contributed by atoms with Crippen molar-refractivity contribution in [2.45, 2.75) is 13.5 Å². The van der Waals surface area contributed by atoms with Gasteiger partial charge in [0.05, 0.1) is 4.47 Å². The van der Waals surface area contributed by atoms with Gasteiger partial charge in [-0.3, -0.25) is 0 Å². The molecule has 0 aliphatic heterocycles. The van der Waals surface area contributed by atoms with E-state index in [2.05, 4.69) is 26.2 Å². The van der Waals surface area contributed by atoms with Crippen molar-refractivity contribution in [3.05, 3.63) is 51.9 Å². The van der Waals surface area contributed by atoms with Crippen molar-refractivity contribution in [2.24, 2.45) is 0 Å². The second kappa shape index (κ2) is 6.12. The first kappa shape index (κ1) is 14.0. The van der Waals surface area contributed by atoms with Crippen molar-refractivity contribution in [3.63, 3.8) is 0 Å². The van der Waals surface area contributed by atoms with Gasteiger partial charge in [-0.1, -0.05) is 6.07 Å². The third-order valence-corrected chi connectivity index (χ3v) is 3.22. The van der Waals surface area contributed by atoms with Crippen LogP contribution in [0.2, 0.25) is 0 Å². The van der Waals surface area contributed by atoms with Gasteiger partial charge in [0, 0.05) is 18.3 Å². The third kappa shape index (κ3) is 3.30. The van der Waals surface area contributed by atoms with Crippen LogP contribution in [-0.4, -0.2) is 12.0 Å². The van der Waals surface area contributed by atoms with Crippen LogP contribution in [0.25, 0.3) is 0 Å². The predicted octanol–water partition coefficient (Wildman–Crippen LogP) is 3.80. The smallest absolute Gasteiger partial charge is 0.256 e. The van der Waals surface area contributed by atoms with Crippen LogP contribution < -0.4 is 10.1 Å². The van der Waals surface area contributed by atoms with E-state index in [0.29, 0.717) is 17.9 Å². The van der Waals surface area contributed by atoms with Crippen molar-refractivity contribution in [1.82, 2.24) is 10.3 Å². The van der Waals surface area contributed by atoms with Gasteiger partial charge in [0.25, 0.3) is 5.88 Å². The number of benzene rings is 1. The Kier molecular flexibility index (Phi) is 4.50. The zero-order chi connectivity index (χ0) is 13.8. The highest BCUT2D eigenvalue weighted by Crippen LogP contribution is 2.31. The maximum Gasteiger partial charge on any atom is 0.256 e. The molecule has 0 atom stereocenters. The lowest BCUT2D eigenvalue weighted by Crippen LogP contribution is -2.08. The lowest BCUT2D eigenvalue weighted by molar-refractivity contribution is 0.416. The average Bonchev–Trinajstić information content (AvgIpc) is 2.37. The lowest BCUT2D eigenvalue weighted by Gasteiger charge is -2.10. The number of nitrogens with one attached hydrogen (secondary N) is 1. The number of hydrogen-bond donors (Lipinski definition) is 1. The molecule has 100 valence electrons. The molecule has 0 aliphatic carbocycles. The van der Waals surface area contributed by atoms with E-state index < -0.39 is 5.82 Å². The summed E-state index contributed by atoms with van der Waals surface area (Å²) in [5.74, 6) is 0.0836. The minimum absolute atomic E-state index is 0.0164.